The Morgan fingerprint density at radius 1 is 1.09 bits per heavy atom. The van der Waals surface area contributed by atoms with Crippen LogP contribution in [0.3, 0.4) is 0 Å². The summed E-state index contributed by atoms with van der Waals surface area (Å²) in [6.45, 7) is 0.0928. The molecule has 0 aliphatic carbocycles. The van der Waals surface area contributed by atoms with Crippen LogP contribution in [0.5, 0.6) is 0 Å². The molecule has 3 rings (SSSR count). The number of furan rings is 1. The van der Waals surface area contributed by atoms with Gasteiger partial charge in [0.2, 0.25) is 10.0 Å². The van der Waals surface area contributed by atoms with Gasteiger partial charge in [-0.3, -0.25) is 0 Å². The summed E-state index contributed by atoms with van der Waals surface area (Å²) in [5.41, 5.74) is 0. The summed E-state index contributed by atoms with van der Waals surface area (Å²) in [4.78, 5) is 0.255. The first kappa shape index (κ1) is 15.7. The second kappa shape index (κ2) is 6.54. The van der Waals surface area contributed by atoms with E-state index in [0.29, 0.717) is 11.1 Å². The van der Waals surface area contributed by atoms with E-state index in [1.807, 2.05) is 24.3 Å². The normalized spacial score (nSPS) is 13.3. The molecule has 1 N–H and O–H groups in total. The van der Waals surface area contributed by atoms with Crippen LogP contribution in [0, 0.1) is 0 Å². The fraction of sp³-hybridized carbons (Fsp3) is 0.176. The first-order valence-electron chi connectivity index (χ1n) is 7.15. The van der Waals surface area contributed by atoms with Crippen molar-refractivity contribution in [2.24, 2.45) is 0 Å². The number of nitrogens with one attached hydrogen (secondary N) is 1. The van der Waals surface area contributed by atoms with Crippen molar-refractivity contribution in [3.8, 4) is 0 Å². The Bertz CT molecular complexity index is 883. The summed E-state index contributed by atoms with van der Waals surface area (Å²) in [5.74, 6) is 0.577. The van der Waals surface area contributed by atoms with Crippen LogP contribution in [0.1, 0.15) is 11.9 Å². The summed E-state index contributed by atoms with van der Waals surface area (Å²) in [5, 5.41) is 1.57. The van der Waals surface area contributed by atoms with E-state index in [4.69, 9.17) is 9.15 Å². The predicted octanol–water partition coefficient (Wildman–Crippen LogP) is 3.10. The van der Waals surface area contributed by atoms with E-state index >= 15 is 0 Å². The number of sulfonamides is 1. The van der Waals surface area contributed by atoms with E-state index in [1.165, 1.54) is 13.4 Å². The number of rotatable bonds is 6. The topological polar surface area (TPSA) is 68.5 Å². The lowest BCUT2D eigenvalue weighted by molar-refractivity contribution is 0.0878. The molecule has 0 saturated carbocycles. The molecule has 23 heavy (non-hydrogen) atoms. The van der Waals surface area contributed by atoms with Crippen LogP contribution in [0.4, 0.5) is 0 Å². The number of benzene rings is 2. The number of hydrogen-bond donors (Lipinski definition) is 1. The van der Waals surface area contributed by atoms with Crippen molar-refractivity contribution in [3.63, 3.8) is 0 Å². The van der Waals surface area contributed by atoms with Gasteiger partial charge in [-0.2, -0.15) is 0 Å². The molecular formula is C17H17NO4S. The zero-order valence-electron chi connectivity index (χ0n) is 12.6. The molecule has 120 valence electrons. The highest BCUT2D eigenvalue weighted by Crippen LogP contribution is 2.23. The molecule has 1 heterocycles. The largest absolute Gasteiger partial charge is 0.467 e. The lowest BCUT2D eigenvalue weighted by Gasteiger charge is -2.15. The van der Waals surface area contributed by atoms with Crippen molar-refractivity contribution in [2.75, 3.05) is 13.7 Å². The fourth-order valence-electron chi connectivity index (χ4n) is 2.47. The standard InChI is InChI=1S/C17H17NO4S/c1-21-16(15-9-5-11-22-15)12-18-23(19,20)17-10-4-7-13-6-2-3-8-14(13)17/h2-11,16,18H,12H2,1H3. The molecule has 6 heteroatoms. The SMILES string of the molecule is COC(CNS(=O)(=O)c1cccc2ccccc12)c1ccco1. The maximum absolute atomic E-state index is 12.6. The van der Waals surface area contributed by atoms with Crippen LogP contribution in [0.25, 0.3) is 10.8 Å². The average molecular weight is 331 g/mol. The third-order valence-electron chi connectivity index (χ3n) is 3.64. The minimum Gasteiger partial charge on any atom is -0.467 e. The second-order valence-electron chi connectivity index (χ2n) is 5.07. The fourth-order valence-corrected chi connectivity index (χ4v) is 3.73. The monoisotopic (exact) mass is 331 g/mol. The lowest BCUT2D eigenvalue weighted by atomic mass is 10.1. The van der Waals surface area contributed by atoms with Crippen molar-refractivity contribution in [1.82, 2.24) is 4.72 Å². The summed E-state index contributed by atoms with van der Waals surface area (Å²) in [6.07, 6.45) is 1.05. The molecule has 0 bridgehead atoms. The molecule has 0 spiro atoms. The van der Waals surface area contributed by atoms with Gasteiger partial charge in [0.25, 0.3) is 0 Å². The van der Waals surface area contributed by atoms with Gasteiger partial charge in [-0.15, -0.1) is 0 Å². The highest BCUT2D eigenvalue weighted by atomic mass is 32.2. The quantitative estimate of drug-likeness (QED) is 0.753. The molecule has 2 aromatic carbocycles. The molecule has 0 radical (unpaired) electrons. The highest BCUT2D eigenvalue weighted by molar-refractivity contribution is 7.89. The van der Waals surface area contributed by atoms with Gasteiger partial charge < -0.3 is 9.15 Å². The van der Waals surface area contributed by atoms with Crippen molar-refractivity contribution < 1.29 is 17.6 Å². The Kier molecular flexibility index (Phi) is 4.47. The third-order valence-corrected chi connectivity index (χ3v) is 5.12. The Morgan fingerprint density at radius 2 is 1.87 bits per heavy atom. The summed E-state index contributed by atoms with van der Waals surface area (Å²) in [6, 6.07) is 16.1. The van der Waals surface area contributed by atoms with Gasteiger partial charge in [0.1, 0.15) is 11.9 Å². The zero-order chi connectivity index (χ0) is 16.3. The Labute approximate surface area is 134 Å². The van der Waals surface area contributed by atoms with Gasteiger partial charge in [-0.05, 0) is 23.6 Å². The van der Waals surface area contributed by atoms with Crippen molar-refractivity contribution in [1.29, 1.82) is 0 Å². The molecule has 0 saturated heterocycles. The van der Waals surface area contributed by atoms with Crippen LogP contribution in [-0.4, -0.2) is 22.1 Å². The molecular weight excluding hydrogens is 314 g/mol. The van der Waals surface area contributed by atoms with Gasteiger partial charge >= 0.3 is 0 Å². The van der Waals surface area contributed by atoms with E-state index in [0.717, 1.165) is 5.39 Å². The molecule has 1 aromatic heterocycles. The molecule has 0 aliphatic heterocycles. The molecule has 5 nitrogen and oxygen atoms in total. The third kappa shape index (κ3) is 3.29. The van der Waals surface area contributed by atoms with E-state index in [2.05, 4.69) is 4.72 Å². The first-order valence-corrected chi connectivity index (χ1v) is 8.64. The number of hydrogen-bond acceptors (Lipinski definition) is 4. The Morgan fingerprint density at radius 3 is 2.61 bits per heavy atom. The number of fused-ring (bicyclic) bond motifs is 1. The van der Waals surface area contributed by atoms with Crippen molar-refractivity contribution >= 4 is 20.8 Å². The second-order valence-corrected chi connectivity index (χ2v) is 6.80. The van der Waals surface area contributed by atoms with Crippen molar-refractivity contribution in [3.05, 3.63) is 66.6 Å². The molecule has 0 fully saturated rings. The average Bonchev–Trinajstić information content (AvgIpc) is 3.09. The minimum absolute atomic E-state index is 0.0928. The van der Waals surface area contributed by atoms with E-state index in [9.17, 15) is 8.42 Å². The van der Waals surface area contributed by atoms with Gasteiger partial charge in [-0.25, -0.2) is 13.1 Å². The van der Waals surface area contributed by atoms with Crippen LogP contribution < -0.4 is 4.72 Å². The maximum atomic E-state index is 12.6. The molecule has 1 atom stereocenters. The minimum atomic E-state index is -3.65. The van der Waals surface area contributed by atoms with E-state index in [1.54, 1.807) is 30.3 Å². The zero-order valence-corrected chi connectivity index (χ0v) is 13.4. The van der Waals surface area contributed by atoms with Crippen LogP contribution in [0.2, 0.25) is 0 Å². The predicted molar refractivity (Wildman–Crippen MR) is 87.6 cm³/mol. The summed E-state index contributed by atoms with van der Waals surface area (Å²) < 4.78 is 38.4. The van der Waals surface area contributed by atoms with E-state index < -0.39 is 16.1 Å². The summed E-state index contributed by atoms with van der Waals surface area (Å²) >= 11 is 0. The number of ether oxygens (including phenoxy) is 1. The van der Waals surface area contributed by atoms with Crippen LogP contribution in [-0.2, 0) is 14.8 Å². The Hall–Kier alpha value is -2.15. The molecule has 1 unspecified atom stereocenters. The van der Waals surface area contributed by atoms with Crippen LogP contribution in [0.15, 0.2) is 70.2 Å². The molecule has 0 amide bonds. The van der Waals surface area contributed by atoms with Gasteiger partial charge in [-0.1, -0.05) is 36.4 Å². The molecule has 0 aliphatic rings. The van der Waals surface area contributed by atoms with Gasteiger partial charge in [0, 0.05) is 19.0 Å². The first-order chi connectivity index (χ1) is 11.1. The van der Waals surface area contributed by atoms with E-state index in [-0.39, 0.29) is 11.4 Å². The highest BCUT2D eigenvalue weighted by Gasteiger charge is 2.21. The maximum Gasteiger partial charge on any atom is 0.241 e. The van der Waals surface area contributed by atoms with Gasteiger partial charge in [0.15, 0.2) is 0 Å². The number of methoxy groups -OCH3 is 1. The van der Waals surface area contributed by atoms with Crippen molar-refractivity contribution in [2.45, 2.75) is 11.0 Å². The lowest BCUT2D eigenvalue weighted by Crippen LogP contribution is -2.29. The Balaban J connectivity index is 1.86. The molecule has 3 aromatic rings. The van der Waals surface area contributed by atoms with Crippen LogP contribution >= 0.6 is 0 Å². The summed E-state index contributed by atoms with van der Waals surface area (Å²) in [7, 11) is -2.14. The van der Waals surface area contributed by atoms with Gasteiger partial charge in [0.05, 0.1) is 11.2 Å². The smallest absolute Gasteiger partial charge is 0.241 e.